The standard InChI is InChI=1S/C69H116O6/c1-4-7-10-13-16-19-22-25-28-31-34-37-40-43-46-49-52-55-58-61-67(70)73-64-66(75-69(72)63-60-57-54-51-48-45-42-39-36-33-30-27-24-21-18-15-12-9-6-3)65-74-68(71)62-59-56-53-50-47-44-41-38-35-32-29-26-23-20-17-14-11-8-5-2/h7,9-10,12,16,18-19,21,25,27-28,30,32,34-37,39,66H,4-6,8,11,13-15,17,20,22-24,26,29,31,33,38,40-65H2,1-3H3/b10-7-,12-9-,19-16-,21-18-,28-25-,30-27-,35-32-,37-34-,39-36-. The Balaban J connectivity index is 4.45. The number of allylic oxidation sites excluding steroid dienone is 18. The second kappa shape index (κ2) is 62.6. The molecule has 0 saturated carbocycles. The fraction of sp³-hybridized carbons (Fsp3) is 0.696. The van der Waals surface area contributed by atoms with Crippen LogP contribution in [-0.4, -0.2) is 37.2 Å². The minimum Gasteiger partial charge on any atom is -0.462 e. The molecule has 0 rings (SSSR count). The quantitative estimate of drug-likeness (QED) is 0.0261. The number of rotatable bonds is 56. The van der Waals surface area contributed by atoms with E-state index in [-0.39, 0.29) is 31.1 Å². The molecular formula is C69H116O6. The van der Waals surface area contributed by atoms with Crippen molar-refractivity contribution in [3.8, 4) is 0 Å². The third-order valence-corrected chi connectivity index (χ3v) is 13.2. The molecular weight excluding hydrogens is 925 g/mol. The average molecular weight is 1040 g/mol. The third-order valence-electron chi connectivity index (χ3n) is 13.2. The summed E-state index contributed by atoms with van der Waals surface area (Å²) in [5.41, 5.74) is 0. The van der Waals surface area contributed by atoms with Crippen molar-refractivity contribution in [2.75, 3.05) is 13.2 Å². The highest BCUT2D eigenvalue weighted by molar-refractivity contribution is 5.71. The predicted octanol–water partition coefficient (Wildman–Crippen LogP) is 21.4. The maximum absolute atomic E-state index is 12.9. The van der Waals surface area contributed by atoms with Crippen LogP contribution in [0.4, 0.5) is 0 Å². The lowest BCUT2D eigenvalue weighted by molar-refractivity contribution is -0.167. The molecule has 6 nitrogen and oxygen atoms in total. The Morgan fingerprint density at radius 2 is 0.520 bits per heavy atom. The zero-order valence-electron chi connectivity index (χ0n) is 49.0. The minimum atomic E-state index is -0.797. The number of hydrogen-bond acceptors (Lipinski definition) is 6. The van der Waals surface area contributed by atoms with Crippen LogP contribution in [0.3, 0.4) is 0 Å². The number of carbonyl (C=O) groups is 3. The lowest BCUT2D eigenvalue weighted by Gasteiger charge is -2.18. The van der Waals surface area contributed by atoms with Gasteiger partial charge in [0.25, 0.3) is 0 Å². The Bertz CT molecular complexity index is 1520. The molecule has 1 unspecified atom stereocenters. The van der Waals surface area contributed by atoms with Crippen LogP contribution in [-0.2, 0) is 28.6 Å². The lowest BCUT2D eigenvalue weighted by Crippen LogP contribution is -2.30. The van der Waals surface area contributed by atoms with Crippen LogP contribution >= 0.6 is 0 Å². The fourth-order valence-electron chi connectivity index (χ4n) is 8.60. The van der Waals surface area contributed by atoms with Gasteiger partial charge in [0.2, 0.25) is 0 Å². The van der Waals surface area contributed by atoms with E-state index in [4.69, 9.17) is 14.2 Å². The molecule has 0 aromatic heterocycles. The molecule has 1 atom stereocenters. The molecule has 0 saturated heterocycles. The molecule has 0 fully saturated rings. The first-order valence-electron chi connectivity index (χ1n) is 31.4. The van der Waals surface area contributed by atoms with Gasteiger partial charge in [-0.15, -0.1) is 0 Å². The zero-order chi connectivity index (χ0) is 54.3. The Morgan fingerprint density at radius 1 is 0.280 bits per heavy atom. The maximum atomic E-state index is 12.9. The first kappa shape index (κ1) is 71.1. The molecule has 0 spiro atoms. The van der Waals surface area contributed by atoms with Gasteiger partial charge in [0.15, 0.2) is 6.10 Å². The highest BCUT2D eigenvalue weighted by atomic mass is 16.6. The highest BCUT2D eigenvalue weighted by Crippen LogP contribution is 2.15. The van der Waals surface area contributed by atoms with Crippen molar-refractivity contribution in [3.63, 3.8) is 0 Å². The molecule has 0 aromatic carbocycles. The second-order valence-electron chi connectivity index (χ2n) is 20.5. The van der Waals surface area contributed by atoms with E-state index in [2.05, 4.69) is 130 Å². The molecule has 0 amide bonds. The lowest BCUT2D eigenvalue weighted by atomic mass is 10.1. The van der Waals surface area contributed by atoms with Gasteiger partial charge >= 0.3 is 17.9 Å². The van der Waals surface area contributed by atoms with E-state index in [1.165, 1.54) is 116 Å². The maximum Gasteiger partial charge on any atom is 0.306 e. The number of esters is 3. The van der Waals surface area contributed by atoms with Crippen LogP contribution in [0.1, 0.15) is 290 Å². The van der Waals surface area contributed by atoms with E-state index in [0.29, 0.717) is 19.3 Å². The van der Waals surface area contributed by atoms with Crippen molar-refractivity contribution in [2.45, 2.75) is 297 Å². The summed E-state index contributed by atoms with van der Waals surface area (Å²) in [6.45, 7) is 6.41. The summed E-state index contributed by atoms with van der Waals surface area (Å²) in [6.07, 6.45) is 85.1. The van der Waals surface area contributed by atoms with E-state index < -0.39 is 6.10 Å². The zero-order valence-corrected chi connectivity index (χ0v) is 49.0. The summed E-state index contributed by atoms with van der Waals surface area (Å²) in [6, 6.07) is 0. The van der Waals surface area contributed by atoms with Crippen molar-refractivity contribution in [1.29, 1.82) is 0 Å². The molecule has 0 aromatic rings. The largest absolute Gasteiger partial charge is 0.462 e. The Kier molecular flexibility index (Phi) is 59.3. The summed E-state index contributed by atoms with van der Waals surface area (Å²) in [5, 5.41) is 0. The second-order valence-corrected chi connectivity index (χ2v) is 20.5. The van der Waals surface area contributed by atoms with Gasteiger partial charge in [-0.3, -0.25) is 14.4 Å². The molecule has 0 radical (unpaired) electrons. The predicted molar refractivity (Wildman–Crippen MR) is 325 cm³/mol. The number of carbonyl (C=O) groups excluding carboxylic acids is 3. The molecule has 0 aliphatic carbocycles. The van der Waals surface area contributed by atoms with Crippen LogP contribution in [0.25, 0.3) is 0 Å². The summed E-state index contributed by atoms with van der Waals surface area (Å²) >= 11 is 0. The Morgan fingerprint density at radius 3 is 0.827 bits per heavy atom. The van der Waals surface area contributed by atoms with Crippen molar-refractivity contribution >= 4 is 17.9 Å². The minimum absolute atomic E-state index is 0.0917. The average Bonchev–Trinajstić information content (AvgIpc) is 3.41. The van der Waals surface area contributed by atoms with E-state index in [0.717, 1.165) is 135 Å². The summed E-state index contributed by atoms with van der Waals surface area (Å²) in [4.78, 5) is 38.3. The van der Waals surface area contributed by atoms with Gasteiger partial charge in [0, 0.05) is 19.3 Å². The normalized spacial score (nSPS) is 12.8. The molecule has 0 heterocycles. The van der Waals surface area contributed by atoms with E-state index >= 15 is 0 Å². The van der Waals surface area contributed by atoms with Crippen molar-refractivity contribution in [1.82, 2.24) is 0 Å². The van der Waals surface area contributed by atoms with Gasteiger partial charge in [-0.05, 0) is 122 Å². The van der Waals surface area contributed by atoms with Crippen molar-refractivity contribution < 1.29 is 28.6 Å². The highest BCUT2D eigenvalue weighted by Gasteiger charge is 2.19. The van der Waals surface area contributed by atoms with Gasteiger partial charge in [0.1, 0.15) is 13.2 Å². The van der Waals surface area contributed by atoms with E-state index in [1.54, 1.807) is 0 Å². The van der Waals surface area contributed by atoms with Gasteiger partial charge in [0.05, 0.1) is 0 Å². The fourth-order valence-corrected chi connectivity index (χ4v) is 8.60. The number of unbranched alkanes of at least 4 members (excludes halogenated alkanes) is 27. The van der Waals surface area contributed by atoms with Crippen LogP contribution in [0.5, 0.6) is 0 Å². The Hall–Kier alpha value is -3.93. The molecule has 428 valence electrons. The van der Waals surface area contributed by atoms with Gasteiger partial charge in [-0.2, -0.15) is 0 Å². The molecule has 0 aliphatic rings. The van der Waals surface area contributed by atoms with Crippen LogP contribution in [0.2, 0.25) is 0 Å². The van der Waals surface area contributed by atoms with Gasteiger partial charge in [-0.25, -0.2) is 0 Å². The van der Waals surface area contributed by atoms with Crippen molar-refractivity contribution in [2.24, 2.45) is 0 Å². The molecule has 6 heteroatoms. The SMILES string of the molecule is CC/C=C\C/C=C\C/C=C\C/C=C\CCCCCCCCC(=O)OCC(COC(=O)CCCCCCCCC/C=C\CCCCCCCCCC)OC(=O)CCCCCCCC/C=C\C/C=C\C/C=C\C/C=C\CC. The van der Waals surface area contributed by atoms with Crippen molar-refractivity contribution in [3.05, 3.63) is 109 Å². The van der Waals surface area contributed by atoms with Crippen LogP contribution < -0.4 is 0 Å². The Labute approximate surface area is 463 Å². The van der Waals surface area contributed by atoms with Gasteiger partial charge < -0.3 is 14.2 Å². The number of ether oxygens (including phenoxy) is 3. The third kappa shape index (κ3) is 60.8. The summed E-state index contributed by atoms with van der Waals surface area (Å²) in [5.74, 6) is -0.918. The molecule has 75 heavy (non-hydrogen) atoms. The monoisotopic (exact) mass is 1040 g/mol. The van der Waals surface area contributed by atoms with Crippen LogP contribution in [0.15, 0.2) is 109 Å². The number of hydrogen-bond donors (Lipinski definition) is 0. The topological polar surface area (TPSA) is 78.9 Å². The van der Waals surface area contributed by atoms with E-state index in [1.807, 2.05) is 0 Å². The molecule has 0 aliphatic heterocycles. The van der Waals surface area contributed by atoms with E-state index in [9.17, 15) is 14.4 Å². The smallest absolute Gasteiger partial charge is 0.306 e. The molecule has 0 N–H and O–H groups in total. The molecule has 0 bridgehead atoms. The van der Waals surface area contributed by atoms with Crippen LogP contribution in [0, 0.1) is 0 Å². The summed E-state index contributed by atoms with van der Waals surface area (Å²) < 4.78 is 16.9. The first-order chi connectivity index (χ1) is 37.0. The first-order valence-corrected chi connectivity index (χ1v) is 31.4. The summed E-state index contributed by atoms with van der Waals surface area (Å²) in [7, 11) is 0. The van der Waals surface area contributed by atoms with Gasteiger partial charge in [-0.1, -0.05) is 259 Å².